The van der Waals surface area contributed by atoms with Crippen LogP contribution < -0.4 is 0 Å². The minimum Gasteiger partial charge on any atom is -0.206 e. The van der Waals surface area contributed by atoms with Crippen LogP contribution in [0.4, 0.5) is 8.78 Å². The molecule has 0 saturated carbocycles. The molecule has 0 aliphatic rings. The summed E-state index contributed by atoms with van der Waals surface area (Å²) in [6, 6.07) is 13.1. The van der Waals surface area contributed by atoms with E-state index >= 15 is 0 Å². The Hall–Kier alpha value is -1.70. The van der Waals surface area contributed by atoms with Gasteiger partial charge in [0.1, 0.15) is 11.6 Å². The topological polar surface area (TPSA) is 0 Å². The summed E-state index contributed by atoms with van der Waals surface area (Å²) >= 11 is 0. The Morgan fingerprint density at radius 3 is 2.29 bits per heavy atom. The second-order valence-corrected chi connectivity index (χ2v) is 2.87. The molecule has 0 bridgehead atoms. The van der Waals surface area contributed by atoms with E-state index in [0.29, 0.717) is 0 Å². The Morgan fingerprint density at radius 1 is 0.857 bits per heavy atom. The predicted molar refractivity (Wildman–Crippen MR) is 50.6 cm³/mol. The lowest BCUT2D eigenvalue weighted by Gasteiger charge is -2.03. The molecule has 0 aromatic heterocycles. The van der Waals surface area contributed by atoms with E-state index in [1.54, 1.807) is 18.2 Å². The molecule has 2 aromatic rings. The molecule has 0 unspecified atom stereocenters. The molecule has 0 aliphatic carbocycles. The molecule has 0 saturated heterocycles. The molecule has 0 N–H and O–H groups in total. The highest BCUT2D eigenvalue weighted by atomic mass is 19.1. The van der Waals surface area contributed by atoms with Crippen LogP contribution in [0.3, 0.4) is 0 Å². The van der Waals surface area contributed by atoms with Crippen molar-refractivity contribution in [3.05, 3.63) is 60.2 Å². The third-order valence-corrected chi connectivity index (χ3v) is 1.95. The normalized spacial score (nSPS) is 10.1. The maximum Gasteiger partial charge on any atom is 0.131 e. The van der Waals surface area contributed by atoms with Crippen LogP contribution in [-0.2, 0) is 0 Å². The molecule has 14 heavy (non-hydrogen) atoms. The lowest BCUT2D eigenvalue weighted by atomic mass is 10.0. The Bertz CT molecular complexity index is 406. The average Bonchev–Trinajstić information content (AvgIpc) is 2.20. The number of hydrogen-bond donors (Lipinski definition) is 0. The summed E-state index contributed by atoms with van der Waals surface area (Å²) < 4.78 is 26.5. The van der Waals surface area contributed by atoms with Gasteiger partial charge in [0.2, 0.25) is 0 Å². The van der Waals surface area contributed by atoms with Crippen molar-refractivity contribution in [2.24, 2.45) is 0 Å². The lowest BCUT2D eigenvalue weighted by Crippen LogP contribution is -1.87. The predicted octanol–water partition coefficient (Wildman–Crippen LogP) is 3.43. The average molecular weight is 189 g/mol. The fraction of sp³-hybridized carbons (Fsp3) is 0. The first-order valence-electron chi connectivity index (χ1n) is 4.20. The molecule has 2 aromatic carbocycles. The van der Waals surface area contributed by atoms with Crippen molar-refractivity contribution in [3.63, 3.8) is 0 Å². The number of benzene rings is 2. The van der Waals surface area contributed by atoms with Gasteiger partial charge in [-0.3, -0.25) is 0 Å². The molecule has 0 fully saturated rings. The standard InChI is InChI=1S/C12H7F2/c13-11-7-3-1-5-9(11)10-6-2-4-8-12(10)14/h1-5,7-8H. The summed E-state index contributed by atoms with van der Waals surface area (Å²) in [6.07, 6.45) is 0. The molecule has 0 heterocycles. The van der Waals surface area contributed by atoms with Crippen molar-refractivity contribution >= 4 is 0 Å². The van der Waals surface area contributed by atoms with Crippen LogP contribution in [0.5, 0.6) is 0 Å². The van der Waals surface area contributed by atoms with Crippen molar-refractivity contribution in [1.29, 1.82) is 0 Å². The van der Waals surface area contributed by atoms with Gasteiger partial charge < -0.3 is 0 Å². The Kier molecular flexibility index (Phi) is 2.27. The highest BCUT2D eigenvalue weighted by Gasteiger charge is 2.07. The highest BCUT2D eigenvalue weighted by Crippen LogP contribution is 2.24. The van der Waals surface area contributed by atoms with E-state index in [0.717, 1.165) is 0 Å². The summed E-state index contributed by atoms with van der Waals surface area (Å²) in [4.78, 5) is 0. The quantitative estimate of drug-likeness (QED) is 0.644. The van der Waals surface area contributed by atoms with Gasteiger partial charge in [0, 0.05) is 11.1 Å². The summed E-state index contributed by atoms with van der Waals surface area (Å²) in [5, 5.41) is 0. The van der Waals surface area contributed by atoms with Gasteiger partial charge in [-0.05, 0) is 18.2 Å². The first kappa shape index (κ1) is 8.88. The molecule has 0 nitrogen and oxygen atoms in total. The van der Waals surface area contributed by atoms with Gasteiger partial charge in [0.25, 0.3) is 0 Å². The zero-order valence-corrected chi connectivity index (χ0v) is 7.30. The van der Waals surface area contributed by atoms with Crippen LogP contribution in [-0.4, -0.2) is 0 Å². The molecule has 0 atom stereocenters. The third kappa shape index (κ3) is 1.51. The van der Waals surface area contributed by atoms with E-state index in [-0.39, 0.29) is 11.1 Å². The van der Waals surface area contributed by atoms with E-state index in [4.69, 9.17) is 0 Å². The van der Waals surface area contributed by atoms with Gasteiger partial charge >= 0.3 is 0 Å². The molecular weight excluding hydrogens is 182 g/mol. The first-order chi connectivity index (χ1) is 6.79. The van der Waals surface area contributed by atoms with Gasteiger partial charge in [-0.15, -0.1) is 0 Å². The fourth-order valence-electron chi connectivity index (χ4n) is 1.29. The fourth-order valence-corrected chi connectivity index (χ4v) is 1.29. The molecule has 2 heteroatoms. The summed E-state index contributed by atoms with van der Waals surface area (Å²) in [7, 11) is 0. The van der Waals surface area contributed by atoms with Gasteiger partial charge in [-0.1, -0.05) is 30.3 Å². The minimum atomic E-state index is -0.461. The van der Waals surface area contributed by atoms with Crippen LogP contribution in [0.2, 0.25) is 0 Å². The minimum absolute atomic E-state index is 0.172. The van der Waals surface area contributed by atoms with E-state index in [2.05, 4.69) is 6.07 Å². The van der Waals surface area contributed by atoms with Crippen molar-refractivity contribution in [2.45, 2.75) is 0 Å². The number of rotatable bonds is 1. The number of hydrogen-bond acceptors (Lipinski definition) is 0. The Balaban J connectivity index is 2.61. The summed E-state index contributed by atoms with van der Waals surface area (Å²) in [5.74, 6) is -0.897. The largest absolute Gasteiger partial charge is 0.206 e. The van der Waals surface area contributed by atoms with E-state index in [9.17, 15) is 8.78 Å². The van der Waals surface area contributed by atoms with Gasteiger partial charge in [-0.25, -0.2) is 8.78 Å². The first-order valence-corrected chi connectivity index (χ1v) is 4.20. The van der Waals surface area contributed by atoms with Gasteiger partial charge in [0.05, 0.1) is 0 Å². The van der Waals surface area contributed by atoms with Crippen molar-refractivity contribution < 1.29 is 8.78 Å². The van der Waals surface area contributed by atoms with Crippen LogP contribution in [0.25, 0.3) is 11.1 Å². The number of halogens is 2. The van der Waals surface area contributed by atoms with E-state index < -0.39 is 11.6 Å². The maximum absolute atomic E-state index is 13.3. The SMILES string of the molecule is Fc1ccc[c]c1-c1ccccc1F. The molecule has 0 aliphatic heterocycles. The maximum atomic E-state index is 13.3. The molecule has 2 rings (SSSR count). The smallest absolute Gasteiger partial charge is 0.131 e. The van der Waals surface area contributed by atoms with Crippen LogP contribution in [0.1, 0.15) is 0 Å². The van der Waals surface area contributed by atoms with Crippen LogP contribution >= 0.6 is 0 Å². The Morgan fingerprint density at radius 2 is 1.57 bits per heavy atom. The second-order valence-electron chi connectivity index (χ2n) is 2.87. The summed E-state index contributed by atoms with van der Waals surface area (Å²) in [6.45, 7) is 0. The Labute approximate surface area is 80.8 Å². The molecule has 69 valence electrons. The molecule has 0 spiro atoms. The van der Waals surface area contributed by atoms with Gasteiger partial charge in [-0.2, -0.15) is 0 Å². The second kappa shape index (κ2) is 3.58. The van der Waals surface area contributed by atoms with Crippen molar-refractivity contribution in [3.8, 4) is 11.1 Å². The molecule has 0 amide bonds. The van der Waals surface area contributed by atoms with Gasteiger partial charge in [0.15, 0.2) is 0 Å². The van der Waals surface area contributed by atoms with Crippen LogP contribution in [0.15, 0.2) is 42.5 Å². The van der Waals surface area contributed by atoms with E-state index in [1.807, 2.05) is 0 Å². The molecular formula is C12H7F2. The van der Waals surface area contributed by atoms with Crippen LogP contribution in [0, 0.1) is 17.7 Å². The summed E-state index contributed by atoms with van der Waals surface area (Å²) in [5.41, 5.74) is 0.413. The lowest BCUT2D eigenvalue weighted by molar-refractivity contribution is 0.616. The zero-order valence-electron chi connectivity index (χ0n) is 7.30. The van der Waals surface area contributed by atoms with E-state index in [1.165, 1.54) is 24.3 Å². The third-order valence-electron chi connectivity index (χ3n) is 1.95. The van der Waals surface area contributed by atoms with Crippen molar-refractivity contribution in [1.82, 2.24) is 0 Å². The molecule has 1 radical (unpaired) electrons. The van der Waals surface area contributed by atoms with Crippen molar-refractivity contribution in [2.75, 3.05) is 0 Å². The monoisotopic (exact) mass is 189 g/mol. The zero-order chi connectivity index (χ0) is 9.97. The highest BCUT2D eigenvalue weighted by molar-refractivity contribution is 5.63.